The zero-order valence-corrected chi connectivity index (χ0v) is 27.5. The first-order chi connectivity index (χ1) is 23.6. The van der Waals surface area contributed by atoms with Crippen LogP contribution >= 0.6 is 0 Å². The van der Waals surface area contributed by atoms with Crippen molar-refractivity contribution in [2.24, 2.45) is 0 Å². The average molecular weight is 681 g/mol. The first-order valence-electron chi connectivity index (χ1n) is 17.1. The van der Waals surface area contributed by atoms with Gasteiger partial charge in [-0.3, -0.25) is 4.79 Å². The maximum atomic E-state index is 15.1. The van der Waals surface area contributed by atoms with E-state index in [0.29, 0.717) is 61.8 Å². The van der Waals surface area contributed by atoms with Gasteiger partial charge >= 0.3 is 0 Å². The van der Waals surface area contributed by atoms with Crippen LogP contribution in [0, 0.1) is 17.5 Å². The molecule has 12 heteroatoms. The van der Waals surface area contributed by atoms with Gasteiger partial charge in [0.25, 0.3) is 0 Å². The lowest BCUT2D eigenvalue weighted by Crippen LogP contribution is -2.69. The zero-order valence-electron chi connectivity index (χ0n) is 27.5. The van der Waals surface area contributed by atoms with Crippen molar-refractivity contribution in [2.45, 2.75) is 106 Å². The summed E-state index contributed by atoms with van der Waals surface area (Å²) in [5.74, 6) is -2.91. The van der Waals surface area contributed by atoms with E-state index in [2.05, 4.69) is 16.0 Å². The van der Waals surface area contributed by atoms with Crippen LogP contribution in [0.1, 0.15) is 75.8 Å². The Labute approximate surface area is 283 Å². The number of halogens is 3. The number of aromatic nitrogens is 3. The molecule has 1 aromatic heterocycles. The van der Waals surface area contributed by atoms with Gasteiger partial charge in [-0.2, -0.15) is 0 Å². The molecule has 3 aromatic rings. The number of benzene rings is 2. The van der Waals surface area contributed by atoms with Crippen molar-refractivity contribution >= 4 is 5.91 Å². The maximum absolute atomic E-state index is 15.1. The Morgan fingerprint density at radius 3 is 2.45 bits per heavy atom. The van der Waals surface area contributed by atoms with E-state index >= 15 is 4.79 Å². The van der Waals surface area contributed by atoms with E-state index in [9.17, 15) is 28.5 Å². The summed E-state index contributed by atoms with van der Waals surface area (Å²) in [6.45, 7) is -0.578. The zero-order chi connectivity index (χ0) is 34.8. The molecule has 2 saturated heterocycles. The largest absolute Gasteiger partial charge is 0.394 e. The maximum Gasteiger partial charge on any atom is 0.238 e. The fourth-order valence-electron chi connectivity index (χ4n) is 8.01. The second-order valence-corrected chi connectivity index (χ2v) is 13.6. The minimum atomic E-state index is -1.44. The predicted octanol–water partition coefficient (Wildman–Crippen LogP) is 5.16. The van der Waals surface area contributed by atoms with E-state index in [1.54, 1.807) is 24.1 Å². The molecule has 262 valence electrons. The Hall–Kier alpha value is -3.80. The number of carbonyl (C=O) groups excluding carboxylic acids is 1. The molecule has 0 aliphatic carbocycles. The number of aliphatic hydroxyl groups is 3. The minimum Gasteiger partial charge on any atom is -0.394 e. The summed E-state index contributed by atoms with van der Waals surface area (Å²) in [5, 5.41) is 42.6. The molecule has 7 atom stereocenters. The number of hydrogen-bond acceptors (Lipinski definition) is 7. The SMILES string of the molecule is CN1C(=O)C2(c3ccc(F)c(F)c3)C=C=CCCCC[C@]1([C@@H]1O[C@H](CO)[C@H](O)[C@H](n3cc(-c4cccc(F)c4)nn3)[C@H]1O)CCCCCC2. The van der Waals surface area contributed by atoms with Gasteiger partial charge in [-0.25, -0.2) is 17.9 Å². The van der Waals surface area contributed by atoms with Crippen LogP contribution < -0.4 is 0 Å². The van der Waals surface area contributed by atoms with E-state index in [-0.39, 0.29) is 5.91 Å². The molecule has 6 rings (SSSR count). The summed E-state index contributed by atoms with van der Waals surface area (Å²) in [6.07, 6.45) is 6.16. The molecule has 1 amide bonds. The molecule has 1 unspecified atom stereocenters. The minimum absolute atomic E-state index is 0.303. The molecule has 3 N–H and O–H groups in total. The monoisotopic (exact) mass is 680 g/mol. The number of rotatable bonds is 5. The smallest absolute Gasteiger partial charge is 0.238 e. The van der Waals surface area contributed by atoms with Gasteiger partial charge < -0.3 is 25.0 Å². The van der Waals surface area contributed by atoms with Crippen LogP contribution in [0.15, 0.2) is 66.5 Å². The molecule has 0 radical (unpaired) electrons. The third-order valence-electron chi connectivity index (χ3n) is 10.7. The highest BCUT2D eigenvalue weighted by atomic mass is 19.2. The molecule has 0 spiro atoms. The first-order valence-corrected chi connectivity index (χ1v) is 17.1. The van der Waals surface area contributed by atoms with E-state index in [1.807, 2.05) is 6.08 Å². The molecule has 0 saturated carbocycles. The van der Waals surface area contributed by atoms with Crippen LogP contribution in [0.3, 0.4) is 0 Å². The Morgan fingerprint density at radius 1 is 0.959 bits per heavy atom. The Bertz CT molecular complexity index is 1710. The number of carbonyl (C=O) groups is 1. The summed E-state index contributed by atoms with van der Waals surface area (Å²) in [4.78, 5) is 16.7. The molecular formula is C37H43F3N4O5. The van der Waals surface area contributed by atoms with E-state index in [4.69, 9.17) is 4.74 Å². The fourth-order valence-corrected chi connectivity index (χ4v) is 8.01. The number of fused-ring (bicyclic) bond motifs is 3. The van der Waals surface area contributed by atoms with Gasteiger partial charge in [-0.1, -0.05) is 55.5 Å². The molecule has 9 nitrogen and oxygen atoms in total. The lowest BCUT2D eigenvalue weighted by Gasteiger charge is -2.55. The third-order valence-corrected chi connectivity index (χ3v) is 10.7. The van der Waals surface area contributed by atoms with E-state index < -0.39 is 65.5 Å². The summed E-state index contributed by atoms with van der Waals surface area (Å²) >= 11 is 0. The van der Waals surface area contributed by atoms with Gasteiger partial charge in [-0.15, -0.1) is 10.8 Å². The molecule has 2 aromatic carbocycles. The van der Waals surface area contributed by atoms with Crippen molar-refractivity contribution in [3.8, 4) is 11.3 Å². The number of ether oxygens (including phenoxy) is 1. The molecule has 3 aliphatic rings. The number of nitrogens with zero attached hydrogens (tertiary/aromatic N) is 4. The predicted molar refractivity (Wildman–Crippen MR) is 175 cm³/mol. The van der Waals surface area contributed by atoms with Gasteiger partial charge in [0.05, 0.1) is 23.8 Å². The molecular weight excluding hydrogens is 637 g/mol. The fraction of sp³-hybridized carbons (Fsp3) is 0.514. The normalized spacial score (nSPS) is 31.4. The highest BCUT2D eigenvalue weighted by Gasteiger charge is 2.58. The van der Waals surface area contributed by atoms with Crippen LogP contribution in [0.5, 0.6) is 0 Å². The number of amides is 1. The van der Waals surface area contributed by atoms with Gasteiger partial charge in [0.2, 0.25) is 5.91 Å². The third kappa shape index (κ3) is 6.60. The van der Waals surface area contributed by atoms with Crippen LogP contribution in [-0.2, 0) is 14.9 Å². The Kier molecular flexibility index (Phi) is 10.4. The van der Waals surface area contributed by atoms with Crippen molar-refractivity contribution in [1.29, 1.82) is 0 Å². The van der Waals surface area contributed by atoms with Crippen molar-refractivity contribution in [3.63, 3.8) is 0 Å². The van der Waals surface area contributed by atoms with Gasteiger partial charge in [-0.05, 0) is 74.1 Å². The number of aliphatic hydroxyl groups excluding tert-OH is 3. The average Bonchev–Trinajstić information content (AvgIpc) is 3.57. The van der Waals surface area contributed by atoms with Gasteiger partial charge in [0, 0.05) is 12.6 Å². The molecule has 4 heterocycles. The summed E-state index contributed by atoms with van der Waals surface area (Å²) in [5.41, 5.74) is 1.72. The Balaban J connectivity index is 1.47. The summed E-state index contributed by atoms with van der Waals surface area (Å²) in [6, 6.07) is 8.22. The highest BCUT2D eigenvalue weighted by Crippen LogP contribution is 2.46. The Morgan fingerprint density at radius 2 is 1.71 bits per heavy atom. The van der Waals surface area contributed by atoms with Gasteiger partial charge in [0.1, 0.15) is 42.0 Å². The molecule has 3 aliphatic heterocycles. The number of likely N-dealkylation sites (N-methyl/N-ethyl adjacent to an activating group) is 1. The van der Waals surface area contributed by atoms with Gasteiger partial charge in [0.15, 0.2) is 11.6 Å². The molecule has 2 fully saturated rings. The van der Waals surface area contributed by atoms with Crippen molar-refractivity contribution in [1.82, 2.24) is 19.9 Å². The number of hydrogen-bond donors (Lipinski definition) is 3. The summed E-state index contributed by atoms with van der Waals surface area (Å²) in [7, 11) is 1.66. The van der Waals surface area contributed by atoms with Crippen LogP contribution in [0.2, 0.25) is 0 Å². The van der Waals surface area contributed by atoms with E-state index in [0.717, 1.165) is 31.4 Å². The van der Waals surface area contributed by atoms with Crippen LogP contribution in [-0.4, -0.2) is 84.7 Å². The summed E-state index contributed by atoms with van der Waals surface area (Å²) < 4.78 is 50.8. The van der Waals surface area contributed by atoms with Crippen molar-refractivity contribution in [3.05, 3.63) is 89.6 Å². The topological polar surface area (TPSA) is 121 Å². The standard InChI is InChI=1S/C37H43F3N4O5/c1-43-35(48)36(25-14-15-27(39)28(40)21-25)16-7-3-2-4-9-18-37(43,19-10-6-5-8-17-36)34-33(47)31(32(46)30(23-45)49-34)44-22-29(41-42-44)24-12-11-13-26(38)20-24/h3,11-16,20-22,30-34,45-47H,2,4-6,8-10,17-19,23H2,1H3/t7?,30-,31+,32+,33-,34-,36?,37-/m1/s1. The second-order valence-electron chi connectivity index (χ2n) is 13.6. The van der Waals surface area contributed by atoms with E-state index in [1.165, 1.54) is 35.1 Å². The van der Waals surface area contributed by atoms with Crippen molar-refractivity contribution < 1.29 is 38.0 Å². The lowest BCUT2D eigenvalue weighted by molar-refractivity contribution is -0.241. The highest BCUT2D eigenvalue weighted by molar-refractivity contribution is 5.91. The molecule has 2 bridgehead atoms. The van der Waals surface area contributed by atoms with Crippen LogP contribution in [0.4, 0.5) is 13.2 Å². The quantitative estimate of drug-likeness (QED) is 0.319. The van der Waals surface area contributed by atoms with Crippen LogP contribution in [0.25, 0.3) is 11.3 Å². The molecule has 49 heavy (non-hydrogen) atoms. The first kappa shape index (κ1) is 35.0. The van der Waals surface area contributed by atoms with Crippen molar-refractivity contribution in [2.75, 3.05) is 13.7 Å². The lowest BCUT2D eigenvalue weighted by atomic mass is 9.70. The second kappa shape index (κ2) is 14.6.